The van der Waals surface area contributed by atoms with Gasteiger partial charge >= 0.3 is 6.03 Å². The van der Waals surface area contributed by atoms with Gasteiger partial charge in [-0.2, -0.15) is 5.10 Å². The number of halogens is 2. The molecule has 0 bridgehead atoms. The van der Waals surface area contributed by atoms with Gasteiger partial charge in [-0.25, -0.2) is 10.2 Å². The maximum Gasteiger partial charge on any atom is 0.339 e. The minimum atomic E-state index is -0.431. The van der Waals surface area contributed by atoms with Gasteiger partial charge in [-0.1, -0.05) is 52.3 Å². The standard InChI is InChI=1S/C27H23BrIN3O3/c1-17-11-22(9-10-23(17)28)31-27(33)32-30-15-19-13-24(29)26(25(14-19)34-2)35-16-18-7-8-20-5-3-4-6-21(20)12-18/h3-15H,16H2,1-2H3,(H2,31,32,33)/b30-15+. The lowest BCUT2D eigenvalue weighted by atomic mass is 10.1. The fourth-order valence-corrected chi connectivity index (χ4v) is 4.51. The van der Waals surface area contributed by atoms with Crippen molar-refractivity contribution in [3.63, 3.8) is 0 Å². The van der Waals surface area contributed by atoms with Gasteiger partial charge in [-0.05, 0) is 93.4 Å². The summed E-state index contributed by atoms with van der Waals surface area (Å²) < 4.78 is 13.5. The predicted octanol–water partition coefficient (Wildman–Crippen LogP) is 7.26. The smallest absolute Gasteiger partial charge is 0.339 e. The molecule has 0 aliphatic carbocycles. The maximum absolute atomic E-state index is 12.2. The minimum Gasteiger partial charge on any atom is -0.493 e. The molecular formula is C27H23BrIN3O3. The summed E-state index contributed by atoms with van der Waals surface area (Å²) in [6, 6.07) is 23.4. The number of urea groups is 1. The number of hydrogen-bond donors (Lipinski definition) is 2. The lowest BCUT2D eigenvalue weighted by molar-refractivity contribution is 0.252. The van der Waals surface area contributed by atoms with Gasteiger partial charge in [-0.3, -0.25) is 0 Å². The average molecular weight is 644 g/mol. The molecule has 0 radical (unpaired) electrons. The molecule has 2 amide bonds. The number of benzene rings is 4. The Morgan fingerprint density at radius 2 is 1.86 bits per heavy atom. The van der Waals surface area contributed by atoms with Crippen LogP contribution in [-0.4, -0.2) is 19.4 Å². The van der Waals surface area contributed by atoms with Crippen molar-refractivity contribution in [2.24, 2.45) is 5.10 Å². The summed E-state index contributed by atoms with van der Waals surface area (Å²) in [5, 5.41) is 9.17. The highest BCUT2D eigenvalue weighted by molar-refractivity contribution is 14.1. The fourth-order valence-electron chi connectivity index (χ4n) is 3.49. The van der Waals surface area contributed by atoms with Crippen LogP contribution in [0.3, 0.4) is 0 Å². The minimum absolute atomic E-state index is 0.419. The van der Waals surface area contributed by atoms with Gasteiger partial charge in [0.15, 0.2) is 11.5 Å². The van der Waals surface area contributed by atoms with Gasteiger partial charge in [0.25, 0.3) is 0 Å². The molecule has 0 unspecified atom stereocenters. The Kier molecular flexibility index (Phi) is 8.25. The Balaban J connectivity index is 1.40. The first kappa shape index (κ1) is 25.0. The SMILES string of the molecule is COc1cc(/C=N/NC(=O)Nc2ccc(Br)c(C)c2)cc(I)c1OCc1ccc2ccccc2c1. The number of methoxy groups -OCH3 is 1. The topological polar surface area (TPSA) is 72.0 Å². The Bertz CT molecular complexity index is 1410. The molecule has 0 aromatic heterocycles. The quantitative estimate of drug-likeness (QED) is 0.127. The number of hydrogen-bond acceptors (Lipinski definition) is 4. The van der Waals surface area contributed by atoms with Crippen molar-refractivity contribution in [2.75, 3.05) is 12.4 Å². The van der Waals surface area contributed by atoms with Gasteiger partial charge in [0, 0.05) is 10.2 Å². The molecule has 0 fully saturated rings. The summed E-state index contributed by atoms with van der Waals surface area (Å²) in [6.45, 7) is 2.37. The highest BCUT2D eigenvalue weighted by Crippen LogP contribution is 2.34. The highest BCUT2D eigenvalue weighted by atomic mass is 127. The van der Waals surface area contributed by atoms with E-state index >= 15 is 0 Å². The zero-order valence-electron chi connectivity index (χ0n) is 19.1. The molecule has 0 saturated heterocycles. The van der Waals surface area contributed by atoms with Gasteiger partial charge in [0.2, 0.25) is 0 Å². The van der Waals surface area contributed by atoms with Crippen LogP contribution in [0.15, 0.2) is 82.4 Å². The second-order valence-electron chi connectivity index (χ2n) is 7.79. The number of carbonyl (C=O) groups is 1. The molecule has 6 nitrogen and oxygen atoms in total. The van der Waals surface area contributed by atoms with Crippen LogP contribution in [0.4, 0.5) is 10.5 Å². The molecule has 0 aliphatic rings. The summed E-state index contributed by atoms with van der Waals surface area (Å²) >= 11 is 5.65. The molecule has 8 heteroatoms. The van der Waals surface area contributed by atoms with E-state index in [9.17, 15) is 4.79 Å². The lowest BCUT2D eigenvalue weighted by Gasteiger charge is -2.14. The van der Waals surface area contributed by atoms with Crippen molar-refractivity contribution < 1.29 is 14.3 Å². The second kappa shape index (κ2) is 11.5. The van der Waals surface area contributed by atoms with E-state index in [4.69, 9.17) is 9.47 Å². The third-order valence-electron chi connectivity index (χ3n) is 5.24. The molecule has 4 aromatic rings. The number of amides is 2. The molecule has 4 rings (SSSR count). The number of aryl methyl sites for hydroxylation is 1. The van der Waals surface area contributed by atoms with Crippen molar-refractivity contribution in [2.45, 2.75) is 13.5 Å². The van der Waals surface area contributed by atoms with Crippen LogP contribution in [0.1, 0.15) is 16.7 Å². The molecule has 0 atom stereocenters. The molecule has 0 aliphatic heterocycles. The van der Waals surface area contributed by atoms with E-state index in [0.29, 0.717) is 23.8 Å². The van der Waals surface area contributed by atoms with E-state index in [0.717, 1.165) is 24.7 Å². The Hall–Kier alpha value is -3.11. The zero-order valence-corrected chi connectivity index (χ0v) is 22.9. The fraction of sp³-hybridized carbons (Fsp3) is 0.111. The number of fused-ring (bicyclic) bond motifs is 1. The predicted molar refractivity (Wildman–Crippen MR) is 153 cm³/mol. The second-order valence-corrected chi connectivity index (χ2v) is 9.81. The molecule has 178 valence electrons. The molecular weight excluding hydrogens is 621 g/mol. The number of rotatable bonds is 7. The van der Waals surface area contributed by atoms with E-state index in [-0.39, 0.29) is 0 Å². The average Bonchev–Trinajstić information content (AvgIpc) is 2.85. The number of nitrogens with zero attached hydrogens (tertiary/aromatic N) is 1. The lowest BCUT2D eigenvalue weighted by Crippen LogP contribution is -2.24. The Morgan fingerprint density at radius 3 is 2.63 bits per heavy atom. The van der Waals surface area contributed by atoms with Crippen LogP contribution in [0.25, 0.3) is 10.8 Å². The number of ether oxygens (including phenoxy) is 2. The van der Waals surface area contributed by atoms with Crippen LogP contribution < -0.4 is 20.2 Å². The molecule has 2 N–H and O–H groups in total. The van der Waals surface area contributed by atoms with E-state index < -0.39 is 6.03 Å². The molecule has 0 saturated carbocycles. The summed E-state index contributed by atoms with van der Waals surface area (Å²) in [6.07, 6.45) is 1.56. The van der Waals surface area contributed by atoms with E-state index in [1.807, 2.05) is 49.4 Å². The van der Waals surface area contributed by atoms with Crippen LogP contribution in [0.5, 0.6) is 11.5 Å². The summed E-state index contributed by atoms with van der Waals surface area (Å²) in [7, 11) is 1.60. The monoisotopic (exact) mass is 643 g/mol. The Morgan fingerprint density at radius 1 is 1.06 bits per heavy atom. The van der Waals surface area contributed by atoms with Crippen molar-refractivity contribution >= 4 is 67.2 Å². The first-order valence-electron chi connectivity index (χ1n) is 10.8. The molecule has 0 heterocycles. The maximum atomic E-state index is 12.2. The van der Waals surface area contributed by atoms with Gasteiger partial charge < -0.3 is 14.8 Å². The van der Waals surface area contributed by atoms with Crippen molar-refractivity contribution in [3.8, 4) is 11.5 Å². The first-order valence-corrected chi connectivity index (χ1v) is 12.6. The third-order valence-corrected chi connectivity index (χ3v) is 6.94. The number of hydrazone groups is 1. The molecule has 4 aromatic carbocycles. The normalized spacial score (nSPS) is 11.0. The number of anilines is 1. The van der Waals surface area contributed by atoms with Crippen LogP contribution >= 0.6 is 38.5 Å². The number of nitrogens with one attached hydrogen (secondary N) is 2. The molecule has 35 heavy (non-hydrogen) atoms. The van der Waals surface area contributed by atoms with Crippen molar-refractivity contribution in [1.82, 2.24) is 5.43 Å². The van der Waals surface area contributed by atoms with Crippen LogP contribution in [0, 0.1) is 10.5 Å². The number of carbonyl (C=O) groups excluding carboxylic acids is 1. The summed E-state index contributed by atoms with van der Waals surface area (Å²) in [4.78, 5) is 12.2. The Labute approximate surface area is 226 Å². The van der Waals surface area contributed by atoms with Crippen LogP contribution in [-0.2, 0) is 6.61 Å². The van der Waals surface area contributed by atoms with Crippen LogP contribution in [0.2, 0.25) is 0 Å². The highest BCUT2D eigenvalue weighted by Gasteiger charge is 2.12. The largest absolute Gasteiger partial charge is 0.493 e. The third kappa shape index (κ3) is 6.52. The summed E-state index contributed by atoms with van der Waals surface area (Å²) in [5.74, 6) is 1.25. The van der Waals surface area contributed by atoms with Gasteiger partial charge in [-0.15, -0.1) is 0 Å². The van der Waals surface area contributed by atoms with Gasteiger partial charge in [0.05, 0.1) is 16.9 Å². The van der Waals surface area contributed by atoms with Gasteiger partial charge in [0.1, 0.15) is 6.61 Å². The summed E-state index contributed by atoms with van der Waals surface area (Å²) in [5.41, 5.74) is 6.03. The van der Waals surface area contributed by atoms with Crippen molar-refractivity contribution in [3.05, 3.63) is 97.5 Å². The van der Waals surface area contributed by atoms with Crippen molar-refractivity contribution in [1.29, 1.82) is 0 Å². The first-order chi connectivity index (χ1) is 16.9. The van der Waals surface area contributed by atoms with E-state index in [1.165, 1.54) is 10.8 Å². The zero-order chi connectivity index (χ0) is 24.8. The molecule has 0 spiro atoms. The van der Waals surface area contributed by atoms with E-state index in [2.05, 4.69) is 84.7 Å². The van der Waals surface area contributed by atoms with E-state index in [1.54, 1.807) is 13.3 Å².